The lowest BCUT2D eigenvalue weighted by Crippen LogP contribution is -2.07. The van der Waals surface area contributed by atoms with Gasteiger partial charge in [-0.05, 0) is 24.3 Å². The van der Waals surface area contributed by atoms with Gasteiger partial charge in [-0.1, -0.05) is 0 Å². The van der Waals surface area contributed by atoms with Gasteiger partial charge in [0.05, 0.1) is 0 Å². The summed E-state index contributed by atoms with van der Waals surface area (Å²) in [5.41, 5.74) is 0. The number of aromatic hydroxyl groups is 2. The molecule has 0 spiro atoms. The van der Waals surface area contributed by atoms with Crippen LogP contribution in [0.3, 0.4) is 0 Å². The molecule has 0 atom stereocenters. The maximum absolute atomic E-state index is 8.65. The van der Waals surface area contributed by atoms with E-state index in [1.165, 1.54) is 24.3 Å². The van der Waals surface area contributed by atoms with E-state index < -0.39 is 7.32 Å². The van der Waals surface area contributed by atoms with Gasteiger partial charge in [0.2, 0.25) is 0 Å². The molecule has 1 aromatic rings. The van der Waals surface area contributed by atoms with Crippen LogP contribution in [0.1, 0.15) is 0 Å². The molecule has 0 heterocycles. The molecule has 0 amide bonds. The largest absolute Gasteiger partial charge is 0.631 e. The van der Waals surface area contributed by atoms with Crippen molar-refractivity contribution in [3.05, 3.63) is 24.3 Å². The van der Waals surface area contributed by atoms with Crippen molar-refractivity contribution in [2.24, 2.45) is 0 Å². The fourth-order valence-corrected chi connectivity index (χ4v) is 0.453. The van der Waals surface area contributed by atoms with Gasteiger partial charge in [-0.2, -0.15) is 0 Å². The van der Waals surface area contributed by atoms with Crippen molar-refractivity contribution in [2.75, 3.05) is 0 Å². The Balaban J connectivity index is 0.000000261. The SMILES string of the molecule is OB(O)O.Oc1ccc(O)cc1. The molecular weight excluding hydrogens is 163 g/mol. The molecule has 6 heteroatoms. The Morgan fingerprint density at radius 1 is 0.750 bits per heavy atom. The predicted molar refractivity (Wildman–Crippen MR) is 42.2 cm³/mol. The van der Waals surface area contributed by atoms with Crippen LogP contribution < -0.4 is 0 Å². The molecule has 0 fully saturated rings. The average molecular weight is 172 g/mol. The summed E-state index contributed by atoms with van der Waals surface area (Å²) in [6.07, 6.45) is 0. The number of benzene rings is 1. The minimum atomic E-state index is -2.17. The standard InChI is InChI=1S/C6H6O2.BH3O3/c7-5-1-2-6(8)4-3-5;2-1(3)4/h1-4,7-8H;2-4H. The smallest absolute Gasteiger partial charge is 0.508 e. The second-order valence-corrected chi connectivity index (χ2v) is 1.86. The van der Waals surface area contributed by atoms with E-state index in [9.17, 15) is 0 Å². The van der Waals surface area contributed by atoms with Gasteiger partial charge in [0.25, 0.3) is 0 Å². The Bertz CT molecular complexity index is 186. The van der Waals surface area contributed by atoms with Gasteiger partial charge < -0.3 is 25.3 Å². The summed E-state index contributed by atoms with van der Waals surface area (Å²) >= 11 is 0. The van der Waals surface area contributed by atoms with E-state index in [2.05, 4.69) is 0 Å². The molecule has 0 aromatic heterocycles. The molecule has 0 bridgehead atoms. The van der Waals surface area contributed by atoms with Crippen LogP contribution in [0, 0.1) is 0 Å². The van der Waals surface area contributed by atoms with Crippen LogP contribution >= 0.6 is 0 Å². The third-order valence-corrected chi connectivity index (χ3v) is 0.850. The first-order chi connectivity index (χ1) is 5.52. The Hall–Kier alpha value is -1.24. The van der Waals surface area contributed by atoms with Crippen LogP contribution in [0.4, 0.5) is 0 Å². The first kappa shape index (κ1) is 10.8. The van der Waals surface area contributed by atoms with Crippen LogP contribution in [0.5, 0.6) is 11.5 Å². The predicted octanol–water partition coefficient (Wildman–Crippen LogP) is -0.954. The Morgan fingerprint density at radius 3 is 1.08 bits per heavy atom. The van der Waals surface area contributed by atoms with Crippen molar-refractivity contribution >= 4 is 7.32 Å². The summed E-state index contributed by atoms with van der Waals surface area (Å²) in [5, 5.41) is 38.8. The molecule has 0 aliphatic heterocycles. The van der Waals surface area contributed by atoms with Crippen LogP contribution in [-0.4, -0.2) is 32.6 Å². The van der Waals surface area contributed by atoms with Gasteiger partial charge in [0.15, 0.2) is 0 Å². The van der Waals surface area contributed by atoms with Gasteiger partial charge in [-0.3, -0.25) is 0 Å². The molecule has 1 rings (SSSR count). The van der Waals surface area contributed by atoms with E-state index in [4.69, 9.17) is 25.3 Å². The van der Waals surface area contributed by atoms with E-state index >= 15 is 0 Å². The molecule has 1 aromatic carbocycles. The number of hydrogen-bond acceptors (Lipinski definition) is 5. The van der Waals surface area contributed by atoms with E-state index in [0.29, 0.717) is 0 Å². The van der Waals surface area contributed by atoms with E-state index in [1.807, 2.05) is 0 Å². The van der Waals surface area contributed by atoms with Crippen molar-refractivity contribution in [3.8, 4) is 11.5 Å². The lowest BCUT2D eigenvalue weighted by Gasteiger charge is -1.88. The van der Waals surface area contributed by atoms with Crippen LogP contribution in [0.15, 0.2) is 24.3 Å². The summed E-state index contributed by atoms with van der Waals surface area (Å²) in [4.78, 5) is 0. The minimum Gasteiger partial charge on any atom is -0.508 e. The van der Waals surface area contributed by atoms with E-state index in [1.54, 1.807) is 0 Å². The molecule has 0 aliphatic carbocycles. The molecule has 5 nitrogen and oxygen atoms in total. The third kappa shape index (κ3) is 6.88. The fourth-order valence-electron chi connectivity index (χ4n) is 0.453. The highest BCUT2D eigenvalue weighted by Crippen LogP contribution is 2.13. The van der Waals surface area contributed by atoms with E-state index in [-0.39, 0.29) is 11.5 Å². The summed E-state index contributed by atoms with van der Waals surface area (Å²) in [6.45, 7) is 0. The van der Waals surface area contributed by atoms with Gasteiger partial charge in [-0.25, -0.2) is 0 Å². The molecular formula is C6H9BO5. The second kappa shape index (κ2) is 5.42. The monoisotopic (exact) mass is 172 g/mol. The highest BCUT2D eigenvalue weighted by atomic mass is 16.5. The summed E-state index contributed by atoms with van der Waals surface area (Å²) in [6, 6.07) is 5.70. The molecule has 0 saturated carbocycles. The van der Waals surface area contributed by atoms with Crippen molar-refractivity contribution in [1.82, 2.24) is 0 Å². The fraction of sp³-hybridized carbons (Fsp3) is 0. The number of rotatable bonds is 0. The number of phenolic OH excluding ortho intramolecular Hbond substituents is 2. The Morgan fingerprint density at radius 2 is 0.917 bits per heavy atom. The zero-order chi connectivity index (χ0) is 9.56. The summed E-state index contributed by atoms with van der Waals surface area (Å²) in [5.74, 6) is 0.339. The van der Waals surface area contributed by atoms with Gasteiger partial charge in [0.1, 0.15) is 11.5 Å². The molecule has 0 unspecified atom stereocenters. The number of phenols is 2. The van der Waals surface area contributed by atoms with Crippen molar-refractivity contribution in [1.29, 1.82) is 0 Å². The van der Waals surface area contributed by atoms with Crippen molar-refractivity contribution in [3.63, 3.8) is 0 Å². The molecule has 5 N–H and O–H groups in total. The zero-order valence-corrected chi connectivity index (χ0v) is 6.12. The van der Waals surface area contributed by atoms with Crippen LogP contribution in [0.25, 0.3) is 0 Å². The Kier molecular flexibility index (Phi) is 4.86. The highest BCUT2D eigenvalue weighted by Gasteiger charge is 1.92. The molecule has 0 saturated heterocycles. The molecule has 0 radical (unpaired) electrons. The van der Waals surface area contributed by atoms with E-state index in [0.717, 1.165) is 0 Å². The van der Waals surface area contributed by atoms with Crippen molar-refractivity contribution in [2.45, 2.75) is 0 Å². The molecule has 0 aliphatic rings. The zero-order valence-electron chi connectivity index (χ0n) is 6.12. The maximum atomic E-state index is 8.65. The molecule has 66 valence electrons. The van der Waals surface area contributed by atoms with Gasteiger partial charge >= 0.3 is 7.32 Å². The topological polar surface area (TPSA) is 101 Å². The average Bonchev–Trinajstić information content (AvgIpc) is 1.94. The summed E-state index contributed by atoms with van der Waals surface area (Å²) < 4.78 is 0. The quantitative estimate of drug-likeness (QED) is 0.256. The first-order valence-corrected chi connectivity index (χ1v) is 3.04. The summed E-state index contributed by atoms with van der Waals surface area (Å²) in [7, 11) is -2.17. The highest BCUT2D eigenvalue weighted by molar-refractivity contribution is 6.30. The third-order valence-electron chi connectivity index (χ3n) is 0.850. The lowest BCUT2D eigenvalue weighted by molar-refractivity contribution is 0.278. The van der Waals surface area contributed by atoms with Gasteiger partial charge in [-0.15, -0.1) is 0 Å². The number of hydrogen-bond donors (Lipinski definition) is 5. The normalized spacial score (nSPS) is 8.25. The van der Waals surface area contributed by atoms with Gasteiger partial charge in [0, 0.05) is 0 Å². The molecule has 12 heavy (non-hydrogen) atoms. The minimum absolute atomic E-state index is 0.169. The lowest BCUT2D eigenvalue weighted by atomic mass is 10.3. The first-order valence-electron chi connectivity index (χ1n) is 3.04. The van der Waals surface area contributed by atoms with Crippen molar-refractivity contribution < 1.29 is 25.3 Å². The van der Waals surface area contributed by atoms with Crippen LogP contribution in [-0.2, 0) is 0 Å². The Labute approximate surface area is 69.3 Å². The maximum Gasteiger partial charge on any atom is 0.631 e. The second-order valence-electron chi connectivity index (χ2n) is 1.86. The van der Waals surface area contributed by atoms with Crippen LogP contribution in [0.2, 0.25) is 0 Å².